The van der Waals surface area contributed by atoms with Crippen molar-refractivity contribution in [2.75, 3.05) is 11.9 Å². The first-order valence-electron chi connectivity index (χ1n) is 7.76. The fourth-order valence-electron chi connectivity index (χ4n) is 1.81. The first-order chi connectivity index (χ1) is 14.6. The molecule has 8 nitrogen and oxygen atoms in total. The molecule has 0 fully saturated rings. The highest BCUT2D eigenvalue weighted by molar-refractivity contribution is 7.86. The van der Waals surface area contributed by atoms with Crippen molar-refractivity contribution < 1.29 is 71.5 Å². The van der Waals surface area contributed by atoms with Gasteiger partial charge in [0, 0.05) is 5.69 Å². The minimum absolute atomic E-state index is 0.285. The number of hydrogen-bond donors (Lipinski definition) is 2. The number of amides is 1. The minimum Gasteiger partial charge on any atom is -0.410 e. The summed E-state index contributed by atoms with van der Waals surface area (Å²) in [5.41, 5.74) is -2.16. The van der Waals surface area contributed by atoms with E-state index in [0.29, 0.717) is 12.1 Å². The largest absolute Gasteiger partial charge is 0.466 e. The van der Waals surface area contributed by atoms with Crippen LogP contribution < -0.4 is 5.32 Å². The molecule has 0 bridgehead atoms. The van der Waals surface area contributed by atoms with Gasteiger partial charge in [-0.15, -0.1) is 0 Å². The highest BCUT2D eigenvalue weighted by Gasteiger charge is 2.68. The van der Waals surface area contributed by atoms with Gasteiger partial charge in [-0.25, -0.2) is 4.79 Å². The van der Waals surface area contributed by atoms with E-state index in [9.17, 15) is 57.5 Å². The van der Waals surface area contributed by atoms with Gasteiger partial charge >= 0.3 is 45.4 Å². The zero-order valence-corrected chi connectivity index (χ0v) is 16.2. The Labute approximate surface area is 177 Å². The third-order valence-electron chi connectivity index (χ3n) is 3.42. The lowest BCUT2D eigenvalue weighted by atomic mass is 10.1. The number of nitrogens with one attached hydrogen (secondary N) is 1. The summed E-state index contributed by atoms with van der Waals surface area (Å²) in [7, 11) is -6.41. The molecule has 0 spiro atoms. The molecule has 1 atom stereocenters. The average Bonchev–Trinajstić information content (AvgIpc) is 2.62. The summed E-state index contributed by atoms with van der Waals surface area (Å²) >= 11 is 0. The molecule has 1 unspecified atom stereocenters. The lowest BCUT2D eigenvalue weighted by molar-refractivity contribution is -0.351. The van der Waals surface area contributed by atoms with E-state index in [1.54, 1.807) is 0 Å². The number of benzene rings is 1. The Kier molecular flexibility index (Phi) is 7.84. The SMILES string of the molecule is C=C(F)C(=O)OC(OCC(F)(F)S(=O)(=O)O)(C(=O)Nc1ccc(C(F)(F)F)cc1)C(F)(F)F. The monoisotopic (exact) mass is 519 g/mol. The Morgan fingerprint density at radius 1 is 1.00 bits per heavy atom. The highest BCUT2D eigenvalue weighted by atomic mass is 32.2. The van der Waals surface area contributed by atoms with Crippen molar-refractivity contribution in [3.63, 3.8) is 0 Å². The first kappa shape index (κ1) is 28.2. The summed E-state index contributed by atoms with van der Waals surface area (Å²) in [5, 5.41) is -4.24. The standard InChI is InChI=1S/C15H10F9NO7S/c1-7(16)10(26)32-13(15(22,23)24,31-6-12(17,18)33(28,29)30)11(27)25-9-4-2-8(3-5-9)14(19,20)21/h2-5H,1,6H2,(H,25,27)(H,28,29,30). The maximum absolute atomic E-state index is 13.6. The van der Waals surface area contributed by atoms with Crippen LogP contribution in [0.1, 0.15) is 5.56 Å². The lowest BCUT2D eigenvalue weighted by Gasteiger charge is -2.33. The van der Waals surface area contributed by atoms with Crippen LogP contribution in [0, 0.1) is 0 Å². The molecule has 0 saturated carbocycles. The summed E-state index contributed by atoms with van der Waals surface area (Å²) < 4.78 is 155. The van der Waals surface area contributed by atoms with Gasteiger partial charge in [0.2, 0.25) is 5.83 Å². The second kappa shape index (κ2) is 9.18. The van der Waals surface area contributed by atoms with Crippen LogP contribution in [0.5, 0.6) is 0 Å². The molecule has 0 aromatic heterocycles. The maximum atomic E-state index is 13.6. The molecule has 186 valence electrons. The first-order valence-corrected chi connectivity index (χ1v) is 9.20. The van der Waals surface area contributed by atoms with Gasteiger partial charge in [-0.1, -0.05) is 6.58 Å². The molecule has 1 rings (SSSR count). The third-order valence-corrected chi connectivity index (χ3v) is 4.29. The number of anilines is 1. The number of rotatable bonds is 8. The molecule has 0 aliphatic rings. The molecule has 0 aliphatic carbocycles. The molecular formula is C15H10F9NO7S. The Balaban J connectivity index is 3.46. The van der Waals surface area contributed by atoms with Gasteiger partial charge in [-0.05, 0) is 24.3 Å². The fourth-order valence-corrected chi connectivity index (χ4v) is 2.02. The molecule has 0 saturated heterocycles. The molecule has 18 heteroatoms. The normalized spacial score (nSPS) is 14.8. The number of carbonyl (C=O) groups excluding carboxylic acids is 2. The average molecular weight is 519 g/mol. The van der Waals surface area contributed by atoms with E-state index in [2.05, 4.69) is 16.1 Å². The Hall–Kier alpha value is -2.86. The molecule has 33 heavy (non-hydrogen) atoms. The molecule has 0 radical (unpaired) electrons. The second-order valence-electron chi connectivity index (χ2n) is 5.84. The van der Waals surface area contributed by atoms with Crippen LogP contribution in [-0.4, -0.2) is 48.7 Å². The van der Waals surface area contributed by atoms with Gasteiger partial charge in [0.15, 0.2) is 0 Å². The predicted molar refractivity (Wildman–Crippen MR) is 87.6 cm³/mol. The van der Waals surface area contributed by atoms with Gasteiger partial charge in [-0.2, -0.15) is 47.9 Å². The van der Waals surface area contributed by atoms with E-state index < -0.39 is 69.1 Å². The summed E-state index contributed by atoms with van der Waals surface area (Å²) in [5.74, 6) is -12.8. The maximum Gasteiger partial charge on any atom is 0.466 e. The lowest BCUT2D eigenvalue weighted by Crippen LogP contribution is -2.61. The zero-order valence-electron chi connectivity index (χ0n) is 15.4. The number of hydrogen-bond acceptors (Lipinski definition) is 6. The Morgan fingerprint density at radius 3 is 1.85 bits per heavy atom. The molecule has 2 N–H and O–H groups in total. The van der Waals surface area contributed by atoms with E-state index in [0.717, 1.165) is 0 Å². The van der Waals surface area contributed by atoms with Crippen LogP contribution in [0.15, 0.2) is 36.7 Å². The zero-order chi connectivity index (χ0) is 26.0. The van der Waals surface area contributed by atoms with Crippen LogP contribution >= 0.6 is 0 Å². The van der Waals surface area contributed by atoms with Crippen molar-refractivity contribution >= 4 is 27.7 Å². The van der Waals surface area contributed by atoms with Gasteiger partial charge in [-0.3, -0.25) is 9.35 Å². The minimum atomic E-state index is -6.41. The smallest absolute Gasteiger partial charge is 0.410 e. The van der Waals surface area contributed by atoms with E-state index in [1.807, 2.05) is 0 Å². The van der Waals surface area contributed by atoms with Gasteiger partial charge in [0.25, 0.3) is 0 Å². The number of esters is 1. The van der Waals surface area contributed by atoms with Crippen LogP contribution in [0.25, 0.3) is 0 Å². The fraction of sp³-hybridized carbons (Fsp3) is 0.333. The second-order valence-corrected chi connectivity index (χ2v) is 7.39. The predicted octanol–water partition coefficient (Wildman–Crippen LogP) is 3.43. The molecule has 0 aliphatic heterocycles. The van der Waals surface area contributed by atoms with Crippen molar-refractivity contribution in [3.05, 3.63) is 42.2 Å². The molecule has 1 amide bonds. The number of alkyl halides is 8. The van der Waals surface area contributed by atoms with Gasteiger partial charge in [0.1, 0.15) is 6.61 Å². The van der Waals surface area contributed by atoms with Crippen molar-refractivity contribution in [3.8, 4) is 0 Å². The quantitative estimate of drug-likeness (QED) is 0.178. The molecule has 1 aromatic carbocycles. The van der Waals surface area contributed by atoms with Gasteiger partial charge in [0.05, 0.1) is 5.56 Å². The summed E-state index contributed by atoms with van der Waals surface area (Å²) in [6.07, 6.45) is -11.2. The number of ether oxygens (including phenoxy) is 2. The number of carbonyl (C=O) groups is 2. The van der Waals surface area contributed by atoms with Crippen LogP contribution in [0.2, 0.25) is 0 Å². The van der Waals surface area contributed by atoms with Crippen LogP contribution in [-0.2, 0) is 35.4 Å². The van der Waals surface area contributed by atoms with E-state index in [4.69, 9.17) is 4.55 Å². The van der Waals surface area contributed by atoms with Gasteiger partial charge < -0.3 is 14.8 Å². The van der Waals surface area contributed by atoms with E-state index in [1.165, 1.54) is 5.32 Å². The Bertz CT molecular complexity index is 1020. The van der Waals surface area contributed by atoms with E-state index in [-0.39, 0.29) is 12.1 Å². The topological polar surface area (TPSA) is 119 Å². The third kappa shape index (κ3) is 6.57. The van der Waals surface area contributed by atoms with Crippen molar-refractivity contribution in [1.82, 2.24) is 0 Å². The Morgan fingerprint density at radius 2 is 1.48 bits per heavy atom. The summed E-state index contributed by atoms with van der Waals surface area (Å²) in [4.78, 5) is 23.5. The number of halogens is 9. The summed E-state index contributed by atoms with van der Waals surface area (Å²) in [6.45, 7) is -0.688. The van der Waals surface area contributed by atoms with Crippen molar-refractivity contribution in [2.24, 2.45) is 0 Å². The molecular weight excluding hydrogens is 509 g/mol. The molecule has 1 aromatic rings. The molecule has 0 heterocycles. The summed E-state index contributed by atoms with van der Waals surface area (Å²) in [6, 6.07) is 1.39. The highest BCUT2D eigenvalue weighted by Crippen LogP contribution is 2.39. The van der Waals surface area contributed by atoms with E-state index >= 15 is 0 Å². The van der Waals surface area contributed by atoms with Crippen LogP contribution in [0.4, 0.5) is 45.2 Å². The van der Waals surface area contributed by atoms with Crippen molar-refractivity contribution in [1.29, 1.82) is 0 Å². The van der Waals surface area contributed by atoms with Crippen LogP contribution in [0.3, 0.4) is 0 Å². The van der Waals surface area contributed by atoms with Crippen molar-refractivity contribution in [2.45, 2.75) is 23.4 Å².